The van der Waals surface area contributed by atoms with Crippen molar-refractivity contribution < 1.29 is 47.5 Å². The molecule has 0 bridgehead atoms. The first kappa shape index (κ1) is 14.2. The molecule has 4 heteroatoms. The predicted molar refractivity (Wildman–Crippen MR) is 222 cm³/mol. The molecule has 0 fully saturated rings. The van der Waals surface area contributed by atoms with Crippen molar-refractivity contribution in [2.24, 2.45) is 0 Å². The van der Waals surface area contributed by atoms with E-state index in [9.17, 15) is 5.48 Å². The van der Waals surface area contributed by atoms with Gasteiger partial charge in [0.15, 0.2) is 14.3 Å². The molecular formula is C49H34O2P2. The minimum absolute atomic E-state index is 0.0759. The second-order valence-electron chi connectivity index (χ2n) is 11.8. The zero-order chi connectivity index (χ0) is 60.0. The summed E-state index contributed by atoms with van der Waals surface area (Å²) in [6.07, 6.45) is 0. The smallest absolute Gasteiger partial charge is 0.171 e. The quantitative estimate of drug-likeness (QED) is 0.159. The maximum atomic E-state index is 16.9. The van der Waals surface area contributed by atoms with E-state index in [1.807, 2.05) is 0 Å². The van der Waals surface area contributed by atoms with Gasteiger partial charge in [0.1, 0.15) is 0 Å². The molecule has 0 saturated heterocycles. The molecule has 2 aliphatic rings. The average molecular weight is 745 g/mol. The van der Waals surface area contributed by atoms with Gasteiger partial charge in [0.05, 0.1) is 43.8 Å². The summed E-state index contributed by atoms with van der Waals surface area (Å²) < 4.78 is 284. The highest BCUT2D eigenvalue weighted by Gasteiger charge is 2.52. The van der Waals surface area contributed by atoms with Gasteiger partial charge in [0.25, 0.3) is 0 Å². The highest BCUT2D eigenvalue weighted by atomic mass is 31.2. The molecular weight excluding hydrogens is 682 g/mol. The van der Waals surface area contributed by atoms with Crippen molar-refractivity contribution in [1.29, 1.82) is 0 Å². The molecule has 0 saturated carbocycles. The maximum Gasteiger partial charge on any atom is 0.171 e. The third-order valence-corrected chi connectivity index (χ3v) is 14.8. The molecule has 53 heavy (non-hydrogen) atoms. The summed E-state index contributed by atoms with van der Waals surface area (Å²) in [6.45, 7) is 0. The van der Waals surface area contributed by atoms with Crippen molar-refractivity contribution in [2.75, 3.05) is 0 Å². The van der Waals surface area contributed by atoms with Crippen molar-refractivity contribution in [3.8, 4) is 22.3 Å². The molecule has 252 valence electrons. The Hall–Kier alpha value is -5.78. The summed E-state index contributed by atoms with van der Waals surface area (Å²) in [5, 5.41) is -5.60. The minimum atomic E-state index is -5.60. The van der Waals surface area contributed by atoms with Crippen molar-refractivity contribution in [1.82, 2.24) is 0 Å². The van der Waals surface area contributed by atoms with Crippen LogP contribution in [-0.2, 0) is 14.5 Å². The van der Waals surface area contributed by atoms with Crippen LogP contribution in [0, 0.1) is 0 Å². The van der Waals surface area contributed by atoms with Crippen LogP contribution in [0.25, 0.3) is 22.3 Å². The SMILES string of the molecule is [2H]c1c([2H])c([2H])c(P(=O)(c2ccc3c(c2)C2(c4cc(P(=O)(c5c([2H])c([2H])c([2H])c([2H])c5[2H])c5c([2H])c([2H])c([2H])c([2H])c5[2H])ccc4-3)c3c([2H])c([2H])c([2H])c([2H])c3-c3c([2H])c([2H])c([2H])c([2H])c32)c2c([2H])c([2H])c([2H])c([2H])c2[2H])c([2H])c1[2H]. The molecule has 0 radical (unpaired) electrons. The highest BCUT2D eigenvalue weighted by Crippen LogP contribution is 2.63. The third kappa shape index (κ3) is 4.47. The first-order valence-electron chi connectivity index (χ1n) is 29.7. The second kappa shape index (κ2) is 12.1. The van der Waals surface area contributed by atoms with Crippen LogP contribution in [-0.4, -0.2) is 0 Å². The molecule has 2 nitrogen and oxygen atoms in total. The van der Waals surface area contributed by atoms with E-state index in [-0.39, 0.29) is 22.3 Å². The van der Waals surface area contributed by atoms with E-state index in [1.54, 1.807) is 0 Å². The summed E-state index contributed by atoms with van der Waals surface area (Å²) in [4.78, 5) is 0. The Labute approximate surface area is 349 Å². The summed E-state index contributed by atoms with van der Waals surface area (Å²) in [5.41, 5.74) is -5.78. The Morgan fingerprint density at radius 2 is 0.623 bits per heavy atom. The lowest BCUT2D eigenvalue weighted by Crippen LogP contribution is -2.31. The van der Waals surface area contributed by atoms with Crippen LogP contribution in [0.2, 0.25) is 0 Å². The third-order valence-electron chi connectivity index (χ3n) is 9.41. The van der Waals surface area contributed by atoms with Crippen LogP contribution in [0.3, 0.4) is 0 Å². The highest BCUT2D eigenvalue weighted by molar-refractivity contribution is 7.85. The monoisotopic (exact) mass is 744 g/mol. The number of fused-ring (bicyclic) bond motifs is 10. The minimum Gasteiger partial charge on any atom is -0.309 e. The lowest BCUT2D eigenvalue weighted by Gasteiger charge is -2.32. The molecule has 0 atom stereocenters. The van der Waals surface area contributed by atoms with E-state index >= 15 is 9.13 Å². The molecule has 1 spiro atoms. The number of rotatable bonds is 6. The molecule has 0 amide bonds. The van der Waals surface area contributed by atoms with E-state index in [1.165, 1.54) is 12.1 Å². The number of benzene rings is 8. The van der Waals surface area contributed by atoms with Gasteiger partial charge in [0, 0.05) is 31.8 Å². The summed E-state index contributed by atoms with van der Waals surface area (Å²) in [5.74, 6) is 0. The summed E-state index contributed by atoms with van der Waals surface area (Å²) in [7, 11) is -11.2. The lowest BCUT2D eigenvalue weighted by molar-refractivity contribution is 0.591. The zero-order valence-corrected chi connectivity index (χ0v) is 28.5. The average Bonchev–Trinajstić information content (AvgIpc) is 4.04. The summed E-state index contributed by atoms with van der Waals surface area (Å²) >= 11 is 0. The zero-order valence-electron chi connectivity index (χ0n) is 54.7. The van der Waals surface area contributed by atoms with Gasteiger partial charge < -0.3 is 9.13 Å². The molecule has 2 aliphatic carbocycles. The van der Waals surface area contributed by atoms with Crippen LogP contribution in [0.1, 0.15) is 60.6 Å². The van der Waals surface area contributed by atoms with Crippen molar-refractivity contribution >= 4 is 46.1 Å². The predicted octanol–water partition coefficient (Wildman–Crippen LogP) is 9.31. The van der Waals surface area contributed by atoms with Crippen LogP contribution in [0.4, 0.5) is 0 Å². The van der Waals surface area contributed by atoms with Gasteiger partial charge in [-0.2, -0.15) is 0 Å². The van der Waals surface area contributed by atoms with Crippen LogP contribution >= 0.6 is 14.3 Å². The van der Waals surface area contributed by atoms with Gasteiger partial charge in [-0.1, -0.05) is 193 Å². The van der Waals surface area contributed by atoms with E-state index < -0.39 is 243 Å². The topological polar surface area (TPSA) is 34.1 Å². The first-order valence-corrected chi connectivity index (χ1v) is 19.1. The molecule has 0 N–H and O–H groups in total. The largest absolute Gasteiger partial charge is 0.309 e. The molecule has 8 aromatic carbocycles. The fraction of sp³-hybridized carbons (Fsp3) is 0.0204. The van der Waals surface area contributed by atoms with Gasteiger partial charge in [-0.05, 0) is 56.6 Å². The molecule has 0 aromatic heterocycles. The van der Waals surface area contributed by atoms with Gasteiger partial charge in [-0.3, -0.25) is 0 Å². The van der Waals surface area contributed by atoms with Gasteiger partial charge in [0.2, 0.25) is 0 Å². The lowest BCUT2D eigenvalue weighted by atomic mass is 9.70. The van der Waals surface area contributed by atoms with E-state index in [4.69, 9.17) is 32.9 Å². The Bertz CT molecular complexity index is 3880. The molecule has 8 aromatic rings. The van der Waals surface area contributed by atoms with E-state index in [0.717, 1.165) is 24.3 Å². The Kier molecular flexibility index (Phi) is 3.26. The normalized spacial score (nSPS) is 21.0. The molecule has 0 aliphatic heterocycles. The molecule has 0 unspecified atom stereocenters. The van der Waals surface area contributed by atoms with E-state index in [0.29, 0.717) is 0 Å². The first-order chi connectivity index (χ1) is 37.7. The van der Waals surface area contributed by atoms with Crippen LogP contribution in [0.5, 0.6) is 0 Å². The Morgan fingerprint density at radius 1 is 0.321 bits per heavy atom. The van der Waals surface area contributed by atoms with E-state index in [2.05, 4.69) is 0 Å². The standard InChI is InChI=1S/C49H34O2P2/c50-52(35-17-5-1-6-18-35,36-19-7-2-8-20-36)39-29-31-43-44-32-30-40(53(51,37-21-9-3-10-22-37)38-23-11-4-12-24-38)34-48(44)49(47(43)33-39)45-27-15-13-25-41(45)42-26-14-16-28-46(42)49/h1-34H/i1D,2D,3D,4D,5D,6D,7D,8D,9D,10D,11D,12D,13D,14D,15D,16D,17D,18D,19D,20D,21D,22D,23D,24D,25D,26D,27D,28D. The second-order valence-corrected chi connectivity index (χ2v) is 17.1. The maximum absolute atomic E-state index is 16.9. The van der Waals surface area contributed by atoms with Gasteiger partial charge in [-0.15, -0.1) is 0 Å². The van der Waals surface area contributed by atoms with Gasteiger partial charge >= 0.3 is 0 Å². The molecule has 10 rings (SSSR count). The van der Waals surface area contributed by atoms with Crippen molar-refractivity contribution in [3.63, 3.8) is 0 Å². The number of hydrogen-bond acceptors (Lipinski definition) is 2. The van der Waals surface area contributed by atoms with Crippen LogP contribution in [0.15, 0.2) is 206 Å². The fourth-order valence-electron chi connectivity index (χ4n) is 7.26. The van der Waals surface area contributed by atoms with Crippen LogP contribution < -0.4 is 31.8 Å². The Morgan fingerprint density at radius 3 is 0.962 bits per heavy atom. The van der Waals surface area contributed by atoms with Crippen molar-refractivity contribution in [2.45, 2.75) is 5.41 Å². The molecule has 0 heterocycles. The van der Waals surface area contributed by atoms with Crippen molar-refractivity contribution in [3.05, 3.63) is 228 Å². The summed E-state index contributed by atoms with van der Waals surface area (Å²) in [6, 6.07) is -22.4. The number of hydrogen-bond donors (Lipinski definition) is 0. The fourth-order valence-corrected chi connectivity index (χ4v) is 11.6. The van der Waals surface area contributed by atoms with Gasteiger partial charge in [-0.25, -0.2) is 0 Å². The Balaban J connectivity index is 1.48.